The third-order valence-electron chi connectivity index (χ3n) is 2.46. The molecule has 4 heteroatoms. The maximum absolute atomic E-state index is 13.3. The van der Waals surface area contributed by atoms with Crippen LogP contribution in [0.1, 0.15) is 23.4 Å². The van der Waals surface area contributed by atoms with Crippen molar-refractivity contribution in [2.24, 2.45) is 0 Å². The van der Waals surface area contributed by atoms with Gasteiger partial charge in [0.1, 0.15) is 5.82 Å². The van der Waals surface area contributed by atoms with Crippen LogP contribution in [0.5, 0.6) is 0 Å². The molecule has 0 saturated heterocycles. The van der Waals surface area contributed by atoms with Gasteiger partial charge in [-0.15, -0.1) is 11.3 Å². The van der Waals surface area contributed by atoms with Crippen molar-refractivity contribution in [1.29, 1.82) is 0 Å². The number of aryl methyl sites for hydroxylation is 1. The minimum atomic E-state index is -0.204. The monoisotopic (exact) mass is 313 g/mol. The number of anilines is 1. The normalized spacial score (nSPS) is 12.5. The van der Waals surface area contributed by atoms with E-state index in [0.717, 1.165) is 15.7 Å². The minimum Gasteiger partial charge on any atom is -0.378 e. The van der Waals surface area contributed by atoms with E-state index in [4.69, 9.17) is 0 Å². The van der Waals surface area contributed by atoms with Gasteiger partial charge in [0.15, 0.2) is 0 Å². The van der Waals surface area contributed by atoms with Gasteiger partial charge in [-0.25, -0.2) is 4.39 Å². The highest BCUT2D eigenvalue weighted by Crippen LogP contribution is 2.31. The summed E-state index contributed by atoms with van der Waals surface area (Å²) in [5, 5.41) is 5.34. The summed E-state index contributed by atoms with van der Waals surface area (Å²) in [6.45, 7) is 3.96. The van der Waals surface area contributed by atoms with E-state index in [2.05, 4.69) is 28.2 Å². The molecule has 90 valence electrons. The maximum atomic E-state index is 13.3. The number of rotatable bonds is 3. The molecule has 0 saturated carbocycles. The van der Waals surface area contributed by atoms with E-state index in [0.29, 0.717) is 0 Å². The molecule has 1 aromatic heterocycles. The average molecular weight is 314 g/mol. The van der Waals surface area contributed by atoms with Crippen molar-refractivity contribution in [2.75, 3.05) is 5.32 Å². The first-order valence-corrected chi connectivity index (χ1v) is 7.00. The lowest BCUT2D eigenvalue weighted by atomic mass is 10.2. The number of halogens is 2. The van der Waals surface area contributed by atoms with E-state index < -0.39 is 0 Å². The van der Waals surface area contributed by atoms with Gasteiger partial charge in [0.2, 0.25) is 0 Å². The Morgan fingerprint density at radius 3 is 2.71 bits per heavy atom. The van der Waals surface area contributed by atoms with E-state index in [1.54, 1.807) is 11.3 Å². The predicted molar refractivity (Wildman–Crippen MR) is 75.2 cm³/mol. The van der Waals surface area contributed by atoms with Gasteiger partial charge in [-0.05, 0) is 65.0 Å². The molecule has 1 atom stereocenters. The highest BCUT2D eigenvalue weighted by atomic mass is 79.9. The second kappa shape index (κ2) is 5.19. The Kier molecular flexibility index (Phi) is 3.84. The van der Waals surface area contributed by atoms with Crippen molar-refractivity contribution in [3.63, 3.8) is 0 Å². The molecule has 0 amide bonds. The molecule has 2 aromatic rings. The maximum Gasteiger partial charge on any atom is 0.125 e. The van der Waals surface area contributed by atoms with Gasteiger partial charge in [-0.1, -0.05) is 0 Å². The average Bonchev–Trinajstić information content (AvgIpc) is 2.62. The lowest BCUT2D eigenvalue weighted by Crippen LogP contribution is -2.05. The molecule has 1 nitrogen and oxygen atoms in total. The quantitative estimate of drug-likeness (QED) is 0.828. The summed E-state index contributed by atoms with van der Waals surface area (Å²) in [4.78, 5) is 1.21. The minimum absolute atomic E-state index is 0.158. The summed E-state index contributed by atoms with van der Waals surface area (Å²) in [7, 11) is 0. The fourth-order valence-electron chi connectivity index (χ4n) is 1.75. The highest BCUT2D eigenvalue weighted by molar-refractivity contribution is 9.10. The molecule has 2 rings (SSSR count). The fourth-order valence-corrected chi connectivity index (χ4v) is 3.47. The molecule has 0 bridgehead atoms. The third kappa shape index (κ3) is 3.07. The van der Waals surface area contributed by atoms with Crippen molar-refractivity contribution in [3.8, 4) is 0 Å². The lowest BCUT2D eigenvalue weighted by Gasteiger charge is -2.15. The predicted octanol–water partition coefficient (Wildman–Crippen LogP) is 5.13. The van der Waals surface area contributed by atoms with Crippen LogP contribution in [-0.4, -0.2) is 0 Å². The zero-order valence-corrected chi connectivity index (χ0v) is 12.0. The first-order chi connectivity index (χ1) is 8.06. The molecule has 0 spiro atoms. The Balaban J connectivity index is 2.18. The van der Waals surface area contributed by atoms with E-state index in [1.807, 2.05) is 24.4 Å². The summed E-state index contributed by atoms with van der Waals surface area (Å²) in [6, 6.07) is 7.17. The largest absolute Gasteiger partial charge is 0.378 e. The Morgan fingerprint density at radius 2 is 2.12 bits per heavy atom. The molecule has 1 aromatic carbocycles. The zero-order valence-electron chi connectivity index (χ0n) is 9.63. The highest BCUT2D eigenvalue weighted by Gasteiger charge is 2.11. The fraction of sp³-hybridized carbons (Fsp3) is 0.231. The second-order valence-electron chi connectivity index (χ2n) is 4.02. The van der Waals surface area contributed by atoms with E-state index in [9.17, 15) is 4.39 Å². The first-order valence-electron chi connectivity index (χ1n) is 5.33. The molecular formula is C13H13BrFNS. The van der Waals surface area contributed by atoms with Crippen LogP contribution >= 0.6 is 27.3 Å². The van der Waals surface area contributed by atoms with Crippen LogP contribution < -0.4 is 5.32 Å². The first kappa shape index (κ1) is 12.6. The van der Waals surface area contributed by atoms with E-state index in [-0.39, 0.29) is 11.9 Å². The number of thiophene rings is 1. The Hall–Kier alpha value is -0.870. The van der Waals surface area contributed by atoms with Gasteiger partial charge in [-0.2, -0.15) is 0 Å². The zero-order chi connectivity index (χ0) is 12.4. The Labute approximate surface area is 113 Å². The van der Waals surface area contributed by atoms with Crippen LogP contribution in [0.2, 0.25) is 0 Å². The van der Waals surface area contributed by atoms with Crippen molar-refractivity contribution >= 4 is 33.0 Å². The SMILES string of the molecule is Cc1cc(F)cc(NC(C)c2sccc2Br)c1. The van der Waals surface area contributed by atoms with Crippen molar-refractivity contribution in [2.45, 2.75) is 19.9 Å². The van der Waals surface area contributed by atoms with Gasteiger partial charge < -0.3 is 5.32 Å². The summed E-state index contributed by atoms with van der Waals surface area (Å²) in [5.41, 5.74) is 1.74. The van der Waals surface area contributed by atoms with Gasteiger partial charge in [-0.3, -0.25) is 0 Å². The summed E-state index contributed by atoms with van der Waals surface area (Å²) >= 11 is 5.19. The molecule has 1 N–H and O–H groups in total. The lowest BCUT2D eigenvalue weighted by molar-refractivity contribution is 0.626. The molecule has 1 unspecified atom stereocenters. The summed E-state index contributed by atoms with van der Waals surface area (Å²) in [6.07, 6.45) is 0. The molecule has 0 aliphatic carbocycles. The van der Waals surface area contributed by atoms with E-state index in [1.165, 1.54) is 17.0 Å². The summed E-state index contributed by atoms with van der Waals surface area (Å²) < 4.78 is 14.3. The molecule has 0 fully saturated rings. The smallest absolute Gasteiger partial charge is 0.125 e. The van der Waals surface area contributed by atoms with E-state index >= 15 is 0 Å². The van der Waals surface area contributed by atoms with Gasteiger partial charge in [0.05, 0.1) is 6.04 Å². The number of nitrogens with one attached hydrogen (secondary N) is 1. The Morgan fingerprint density at radius 1 is 1.35 bits per heavy atom. The molecule has 0 aliphatic rings. The van der Waals surface area contributed by atoms with Crippen molar-refractivity contribution in [1.82, 2.24) is 0 Å². The van der Waals surface area contributed by atoms with Crippen LogP contribution in [0.25, 0.3) is 0 Å². The second-order valence-corrected chi connectivity index (χ2v) is 5.82. The number of hydrogen-bond acceptors (Lipinski definition) is 2. The van der Waals surface area contributed by atoms with Crippen molar-refractivity contribution in [3.05, 3.63) is 50.4 Å². The topological polar surface area (TPSA) is 12.0 Å². The standard InChI is InChI=1S/C13H13BrFNS/c1-8-5-10(15)7-11(6-8)16-9(2)13-12(14)3-4-17-13/h3-7,9,16H,1-2H3. The van der Waals surface area contributed by atoms with Crippen LogP contribution in [0, 0.1) is 12.7 Å². The molecular weight excluding hydrogens is 301 g/mol. The third-order valence-corrected chi connectivity index (χ3v) is 4.52. The number of hydrogen-bond donors (Lipinski definition) is 1. The van der Waals surface area contributed by atoms with Crippen molar-refractivity contribution < 1.29 is 4.39 Å². The molecule has 1 heterocycles. The van der Waals surface area contributed by atoms with Gasteiger partial charge >= 0.3 is 0 Å². The van der Waals surface area contributed by atoms with Crippen LogP contribution in [0.4, 0.5) is 10.1 Å². The van der Waals surface area contributed by atoms with Crippen LogP contribution in [0.3, 0.4) is 0 Å². The molecule has 17 heavy (non-hydrogen) atoms. The van der Waals surface area contributed by atoms with Gasteiger partial charge in [0.25, 0.3) is 0 Å². The van der Waals surface area contributed by atoms with Crippen LogP contribution in [0.15, 0.2) is 34.1 Å². The molecule has 0 radical (unpaired) electrons. The van der Waals surface area contributed by atoms with Gasteiger partial charge in [0, 0.05) is 15.0 Å². The Bertz CT molecular complexity index is 504. The molecule has 0 aliphatic heterocycles. The number of benzene rings is 1. The van der Waals surface area contributed by atoms with Crippen LogP contribution in [-0.2, 0) is 0 Å². The summed E-state index contributed by atoms with van der Waals surface area (Å²) in [5.74, 6) is -0.204.